The fourth-order valence-corrected chi connectivity index (χ4v) is 2.65. The fourth-order valence-electron chi connectivity index (χ4n) is 2.65. The number of nitrogens with zero attached hydrogens (tertiary/aromatic N) is 4. The van der Waals surface area contributed by atoms with Crippen molar-refractivity contribution in [2.24, 2.45) is 12.0 Å². The summed E-state index contributed by atoms with van der Waals surface area (Å²) in [5, 5.41) is 15.1. The molecule has 1 aromatic carbocycles. The molecule has 0 saturated heterocycles. The largest absolute Gasteiger partial charge is 0.491 e. The minimum Gasteiger partial charge on any atom is -0.491 e. The lowest BCUT2D eigenvalue weighted by Gasteiger charge is -2.14. The zero-order chi connectivity index (χ0) is 21.1. The van der Waals surface area contributed by atoms with E-state index in [1.54, 1.807) is 7.11 Å². The van der Waals surface area contributed by atoms with Crippen molar-refractivity contribution in [3.05, 3.63) is 41.0 Å². The van der Waals surface area contributed by atoms with Gasteiger partial charge in [0.2, 0.25) is 0 Å². The van der Waals surface area contributed by atoms with Crippen molar-refractivity contribution in [3.8, 4) is 5.75 Å². The number of halogens is 1. The van der Waals surface area contributed by atoms with Crippen LogP contribution in [0.3, 0.4) is 0 Å². The molecular weight excluding hydrogens is 495 g/mol. The lowest BCUT2D eigenvalue weighted by atomic mass is 10.1. The molecule has 0 amide bonds. The molecule has 2 N–H and O–H groups in total. The van der Waals surface area contributed by atoms with Crippen LogP contribution in [0, 0.1) is 13.8 Å². The Morgan fingerprint density at radius 1 is 1.17 bits per heavy atom. The average Bonchev–Trinajstić information content (AvgIpc) is 3.03. The van der Waals surface area contributed by atoms with Crippen LogP contribution in [0.2, 0.25) is 0 Å². The van der Waals surface area contributed by atoms with Crippen LogP contribution in [0.15, 0.2) is 23.2 Å². The van der Waals surface area contributed by atoms with Gasteiger partial charge in [0, 0.05) is 26.3 Å². The number of methoxy groups -OCH3 is 1. The standard InChI is InChI=1S/C21H34N6O2.HI/c1-6-7-10-22-21(24-15-20-26-25-17(3)27(20)4)23-14-18-9-8-16(2)13-19(18)29-12-11-28-5;/h8-9,13H,6-7,10-12,14-15H2,1-5H3,(H2,22,23,24);1H. The number of hydrogen-bond donors (Lipinski definition) is 2. The topological polar surface area (TPSA) is 85.6 Å². The van der Waals surface area contributed by atoms with Gasteiger partial charge in [-0.3, -0.25) is 0 Å². The van der Waals surface area contributed by atoms with Gasteiger partial charge in [0.1, 0.15) is 18.2 Å². The predicted molar refractivity (Wildman–Crippen MR) is 131 cm³/mol. The second-order valence-corrected chi connectivity index (χ2v) is 6.97. The molecule has 0 fully saturated rings. The van der Waals surface area contributed by atoms with Gasteiger partial charge in [-0.2, -0.15) is 0 Å². The Morgan fingerprint density at radius 3 is 2.63 bits per heavy atom. The number of nitrogens with one attached hydrogen (secondary N) is 2. The summed E-state index contributed by atoms with van der Waals surface area (Å²) in [7, 11) is 3.63. The van der Waals surface area contributed by atoms with Crippen LogP contribution in [-0.2, 0) is 24.9 Å². The Morgan fingerprint density at radius 2 is 1.97 bits per heavy atom. The van der Waals surface area contributed by atoms with E-state index in [9.17, 15) is 0 Å². The van der Waals surface area contributed by atoms with Gasteiger partial charge in [-0.1, -0.05) is 25.5 Å². The van der Waals surface area contributed by atoms with Gasteiger partial charge in [0.05, 0.1) is 19.7 Å². The lowest BCUT2D eigenvalue weighted by molar-refractivity contribution is 0.145. The van der Waals surface area contributed by atoms with Gasteiger partial charge in [-0.15, -0.1) is 34.2 Å². The molecule has 0 atom stereocenters. The monoisotopic (exact) mass is 530 g/mol. The van der Waals surface area contributed by atoms with E-state index < -0.39 is 0 Å². The van der Waals surface area contributed by atoms with Gasteiger partial charge in [0.15, 0.2) is 11.8 Å². The summed E-state index contributed by atoms with van der Waals surface area (Å²) >= 11 is 0. The number of aromatic nitrogens is 3. The molecule has 1 aromatic heterocycles. The van der Waals surface area contributed by atoms with E-state index in [4.69, 9.17) is 14.5 Å². The summed E-state index contributed by atoms with van der Waals surface area (Å²) in [5.74, 6) is 3.35. The van der Waals surface area contributed by atoms with Crippen LogP contribution in [0.25, 0.3) is 0 Å². The van der Waals surface area contributed by atoms with Crippen molar-refractivity contribution in [1.82, 2.24) is 25.4 Å². The highest BCUT2D eigenvalue weighted by Gasteiger charge is 2.08. The minimum absolute atomic E-state index is 0. The van der Waals surface area contributed by atoms with E-state index >= 15 is 0 Å². The number of benzene rings is 1. The third kappa shape index (κ3) is 8.47. The van der Waals surface area contributed by atoms with Crippen LogP contribution >= 0.6 is 24.0 Å². The van der Waals surface area contributed by atoms with Crippen molar-refractivity contribution in [2.45, 2.75) is 46.7 Å². The highest BCUT2D eigenvalue weighted by molar-refractivity contribution is 14.0. The minimum atomic E-state index is 0. The Bertz CT molecular complexity index is 794. The number of unbranched alkanes of at least 4 members (excludes halogenated alkanes) is 1. The Hall–Kier alpha value is -1.88. The third-order valence-corrected chi connectivity index (χ3v) is 4.59. The first kappa shape index (κ1) is 26.2. The SMILES string of the molecule is CCCCNC(=NCc1ccc(C)cc1OCCOC)NCc1nnc(C)n1C.I. The molecule has 0 radical (unpaired) electrons. The molecule has 1 heterocycles. The first-order valence-electron chi connectivity index (χ1n) is 10.1. The summed E-state index contributed by atoms with van der Waals surface area (Å²) in [4.78, 5) is 4.76. The number of ether oxygens (including phenoxy) is 2. The normalized spacial score (nSPS) is 11.2. The molecule has 0 saturated carbocycles. The smallest absolute Gasteiger partial charge is 0.191 e. The van der Waals surface area contributed by atoms with Crippen molar-refractivity contribution >= 4 is 29.9 Å². The van der Waals surface area contributed by atoms with Crippen LogP contribution in [0.1, 0.15) is 42.5 Å². The predicted octanol–water partition coefficient (Wildman–Crippen LogP) is 3.11. The summed E-state index contributed by atoms with van der Waals surface area (Å²) in [6.45, 7) is 9.17. The molecule has 168 valence electrons. The summed E-state index contributed by atoms with van der Waals surface area (Å²) in [6.07, 6.45) is 2.21. The number of aryl methyl sites for hydroxylation is 2. The van der Waals surface area contributed by atoms with Gasteiger partial charge in [0.25, 0.3) is 0 Å². The molecule has 2 aromatic rings. The highest BCUT2D eigenvalue weighted by Crippen LogP contribution is 2.21. The third-order valence-electron chi connectivity index (χ3n) is 4.59. The van der Waals surface area contributed by atoms with Gasteiger partial charge < -0.3 is 24.7 Å². The van der Waals surface area contributed by atoms with Crippen LogP contribution in [-0.4, -0.2) is 47.6 Å². The van der Waals surface area contributed by atoms with Crippen LogP contribution in [0.4, 0.5) is 0 Å². The molecule has 0 spiro atoms. The van der Waals surface area contributed by atoms with Gasteiger partial charge in [-0.05, 0) is 31.9 Å². The van der Waals surface area contributed by atoms with Crippen molar-refractivity contribution in [3.63, 3.8) is 0 Å². The second kappa shape index (κ2) is 14.2. The number of hydrogen-bond acceptors (Lipinski definition) is 5. The van der Waals surface area contributed by atoms with E-state index in [-0.39, 0.29) is 24.0 Å². The summed E-state index contributed by atoms with van der Waals surface area (Å²) in [6, 6.07) is 6.19. The number of aliphatic imine (C=N–C) groups is 1. The van der Waals surface area contributed by atoms with E-state index in [0.717, 1.165) is 53.9 Å². The quantitative estimate of drug-likeness (QED) is 0.201. The fraction of sp³-hybridized carbons (Fsp3) is 0.571. The maximum absolute atomic E-state index is 5.88. The van der Waals surface area contributed by atoms with Crippen molar-refractivity contribution in [2.75, 3.05) is 26.9 Å². The van der Waals surface area contributed by atoms with Crippen LogP contribution in [0.5, 0.6) is 5.75 Å². The zero-order valence-electron chi connectivity index (χ0n) is 18.7. The molecule has 0 aliphatic carbocycles. The van der Waals surface area contributed by atoms with Crippen LogP contribution < -0.4 is 15.4 Å². The molecule has 30 heavy (non-hydrogen) atoms. The molecule has 0 aliphatic heterocycles. The van der Waals surface area contributed by atoms with E-state index in [0.29, 0.717) is 26.3 Å². The average molecular weight is 530 g/mol. The molecule has 8 nitrogen and oxygen atoms in total. The molecule has 0 unspecified atom stereocenters. The zero-order valence-corrected chi connectivity index (χ0v) is 21.0. The maximum atomic E-state index is 5.88. The van der Waals surface area contributed by atoms with E-state index in [1.165, 1.54) is 0 Å². The molecule has 2 rings (SSSR count). The van der Waals surface area contributed by atoms with Gasteiger partial charge >= 0.3 is 0 Å². The highest BCUT2D eigenvalue weighted by atomic mass is 127. The Kier molecular flexibility index (Phi) is 12.4. The molecule has 0 bridgehead atoms. The maximum Gasteiger partial charge on any atom is 0.191 e. The number of guanidine groups is 1. The van der Waals surface area contributed by atoms with Crippen molar-refractivity contribution < 1.29 is 9.47 Å². The Labute approximate surface area is 196 Å². The van der Waals surface area contributed by atoms with E-state index in [1.807, 2.05) is 24.6 Å². The second-order valence-electron chi connectivity index (χ2n) is 6.97. The molecular formula is C21H35IN6O2. The Balaban J connectivity index is 0.00000450. The number of rotatable bonds is 11. The first-order valence-corrected chi connectivity index (χ1v) is 10.1. The molecule has 0 aliphatic rings. The summed E-state index contributed by atoms with van der Waals surface area (Å²) < 4.78 is 12.9. The van der Waals surface area contributed by atoms with Crippen molar-refractivity contribution in [1.29, 1.82) is 0 Å². The first-order chi connectivity index (χ1) is 14.0. The van der Waals surface area contributed by atoms with E-state index in [2.05, 4.69) is 46.8 Å². The molecule has 9 heteroatoms. The van der Waals surface area contributed by atoms with Gasteiger partial charge in [-0.25, -0.2) is 4.99 Å². The lowest BCUT2D eigenvalue weighted by Crippen LogP contribution is -2.38. The summed E-state index contributed by atoms with van der Waals surface area (Å²) in [5.41, 5.74) is 2.19.